The highest BCUT2D eigenvalue weighted by Gasteiger charge is 2.33. The summed E-state index contributed by atoms with van der Waals surface area (Å²) in [6.07, 6.45) is -1.09. The number of hydrogen-bond donors (Lipinski definition) is 1. The van der Waals surface area contributed by atoms with E-state index in [0.29, 0.717) is 0 Å². The smallest absolute Gasteiger partial charge is 0.164 e. The Labute approximate surface area is 94.5 Å². The highest BCUT2D eigenvalue weighted by atomic mass is 19.2. The van der Waals surface area contributed by atoms with Gasteiger partial charge in [-0.15, -0.1) is 0 Å². The second-order valence-corrected chi connectivity index (χ2v) is 4.59. The van der Waals surface area contributed by atoms with Crippen LogP contribution in [0.4, 0.5) is 8.78 Å². The van der Waals surface area contributed by atoms with Crippen LogP contribution in [0.1, 0.15) is 25.5 Å². The third kappa shape index (κ3) is 2.23. The predicted octanol–water partition coefficient (Wildman–Crippen LogP) is 2.34. The van der Waals surface area contributed by atoms with Crippen LogP contribution in [0.3, 0.4) is 0 Å². The monoisotopic (exact) mass is 229 g/mol. The molecular formula is C12H17F2NO. The highest BCUT2D eigenvalue weighted by molar-refractivity contribution is 5.23. The average Bonchev–Trinajstić information content (AvgIpc) is 2.21. The minimum atomic E-state index is -1.09. The molecule has 2 nitrogen and oxygen atoms in total. The molecule has 1 unspecified atom stereocenters. The van der Waals surface area contributed by atoms with Gasteiger partial charge < -0.3 is 10.0 Å². The Bertz CT molecular complexity index is 377. The molecule has 90 valence electrons. The third-order valence-corrected chi connectivity index (χ3v) is 3.10. The van der Waals surface area contributed by atoms with E-state index in [0.717, 1.165) is 6.07 Å². The fourth-order valence-corrected chi connectivity index (χ4v) is 1.36. The van der Waals surface area contributed by atoms with E-state index in [2.05, 4.69) is 0 Å². The maximum atomic E-state index is 13.5. The van der Waals surface area contributed by atoms with Gasteiger partial charge in [0.05, 0.1) is 6.10 Å². The van der Waals surface area contributed by atoms with Crippen LogP contribution >= 0.6 is 0 Å². The van der Waals surface area contributed by atoms with Crippen LogP contribution in [-0.2, 0) is 0 Å². The lowest BCUT2D eigenvalue weighted by Gasteiger charge is -2.37. The zero-order chi connectivity index (χ0) is 12.5. The van der Waals surface area contributed by atoms with E-state index < -0.39 is 23.3 Å². The topological polar surface area (TPSA) is 23.5 Å². The van der Waals surface area contributed by atoms with E-state index in [-0.39, 0.29) is 5.56 Å². The zero-order valence-electron chi connectivity index (χ0n) is 9.96. The van der Waals surface area contributed by atoms with Crippen LogP contribution in [0.25, 0.3) is 0 Å². The molecule has 0 spiro atoms. The largest absolute Gasteiger partial charge is 0.386 e. The first-order valence-corrected chi connectivity index (χ1v) is 5.08. The Hall–Kier alpha value is -1.00. The van der Waals surface area contributed by atoms with Crippen molar-refractivity contribution in [3.05, 3.63) is 35.4 Å². The second kappa shape index (κ2) is 4.47. The van der Waals surface area contributed by atoms with Gasteiger partial charge in [0.1, 0.15) is 0 Å². The van der Waals surface area contributed by atoms with Crippen LogP contribution < -0.4 is 0 Å². The van der Waals surface area contributed by atoms with E-state index in [9.17, 15) is 13.9 Å². The van der Waals surface area contributed by atoms with Crippen molar-refractivity contribution in [2.45, 2.75) is 25.5 Å². The van der Waals surface area contributed by atoms with E-state index in [1.54, 1.807) is 32.8 Å². The van der Waals surface area contributed by atoms with Crippen LogP contribution in [0.15, 0.2) is 18.2 Å². The van der Waals surface area contributed by atoms with Crippen LogP contribution in [0, 0.1) is 11.6 Å². The molecule has 0 radical (unpaired) electrons. The summed E-state index contributed by atoms with van der Waals surface area (Å²) >= 11 is 0. The van der Waals surface area contributed by atoms with Gasteiger partial charge in [0, 0.05) is 11.1 Å². The molecule has 0 fully saturated rings. The van der Waals surface area contributed by atoms with Gasteiger partial charge in [0.2, 0.25) is 0 Å². The molecule has 0 saturated carbocycles. The van der Waals surface area contributed by atoms with Crippen molar-refractivity contribution in [2.24, 2.45) is 0 Å². The summed E-state index contributed by atoms with van der Waals surface area (Å²) in [5.74, 6) is -1.92. The predicted molar refractivity (Wildman–Crippen MR) is 59.1 cm³/mol. The number of rotatable bonds is 3. The van der Waals surface area contributed by atoms with Crippen molar-refractivity contribution in [1.82, 2.24) is 4.90 Å². The van der Waals surface area contributed by atoms with Gasteiger partial charge in [-0.1, -0.05) is 12.1 Å². The van der Waals surface area contributed by atoms with Gasteiger partial charge in [-0.25, -0.2) is 8.78 Å². The highest BCUT2D eigenvalue weighted by Crippen LogP contribution is 2.31. The van der Waals surface area contributed by atoms with Crippen molar-refractivity contribution in [1.29, 1.82) is 0 Å². The summed E-state index contributed by atoms with van der Waals surface area (Å²) in [7, 11) is 3.56. The van der Waals surface area contributed by atoms with Gasteiger partial charge in [0.15, 0.2) is 11.6 Å². The normalized spacial score (nSPS) is 14.2. The Balaban J connectivity index is 3.15. The molecule has 0 aliphatic heterocycles. The van der Waals surface area contributed by atoms with Gasteiger partial charge in [-0.2, -0.15) is 0 Å². The van der Waals surface area contributed by atoms with E-state index in [4.69, 9.17) is 0 Å². The molecule has 0 saturated heterocycles. The summed E-state index contributed by atoms with van der Waals surface area (Å²) in [4.78, 5) is 1.77. The number of hydrogen-bond acceptors (Lipinski definition) is 2. The molecule has 1 aromatic carbocycles. The number of nitrogens with zero attached hydrogens (tertiary/aromatic N) is 1. The number of likely N-dealkylation sites (N-methyl/N-ethyl adjacent to an activating group) is 1. The molecule has 1 atom stereocenters. The molecule has 0 aliphatic carbocycles. The van der Waals surface area contributed by atoms with Gasteiger partial charge >= 0.3 is 0 Å². The number of aliphatic hydroxyl groups excluding tert-OH is 1. The molecular weight excluding hydrogens is 212 g/mol. The van der Waals surface area contributed by atoms with Gasteiger partial charge in [0.25, 0.3) is 0 Å². The Kier molecular flexibility index (Phi) is 3.65. The van der Waals surface area contributed by atoms with Crippen LogP contribution in [0.2, 0.25) is 0 Å². The third-order valence-electron chi connectivity index (χ3n) is 3.10. The number of benzene rings is 1. The van der Waals surface area contributed by atoms with Crippen molar-refractivity contribution in [2.75, 3.05) is 14.1 Å². The molecule has 0 bridgehead atoms. The molecule has 16 heavy (non-hydrogen) atoms. The van der Waals surface area contributed by atoms with Crippen molar-refractivity contribution in [3.8, 4) is 0 Å². The summed E-state index contributed by atoms with van der Waals surface area (Å²) in [5, 5.41) is 10.1. The molecule has 1 aromatic rings. The van der Waals surface area contributed by atoms with Crippen LogP contribution in [-0.4, -0.2) is 29.6 Å². The van der Waals surface area contributed by atoms with E-state index in [1.807, 2.05) is 0 Å². The van der Waals surface area contributed by atoms with Crippen molar-refractivity contribution in [3.63, 3.8) is 0 Å². The first kappa shape index (κ1) is 13.1. The zero-order valence-corrected chi connectivity index (χ0v) is 9.96. The Morgan fingerprint density at radius 2 is 1.81 bits per heavy atom. The molecule has 0 aliphatic rings. The fourth-order valence-electron chi connectivity index (χ4n) is 1.36. The molecule has 0 amide bonds. The van der Waals surface area contributed by atoms with E-state index in [1.165, 1.54) is 12.1 Å². The average molecular weight is 229 g/mol. The van der Waals surface area contributed by atoms with Crippen molar-refractivity contribution < 1.29 is 13.9 Å². The summed E-state index contributed by atoms with van der Waals surface area (Å²) < 4.78 is 26.5. The Morgan fingerprint density at radius 1 is 1.25 bits per heavy atom. The van der Waals surface area contributed by atoms with E-state index >= 15 is 0 Å². The molecule has 0 heterocycles. The lowest BCUT2D eigenvalue weighted by molar-refractivity contribution is 0.0138. The maximum Gasteiger partial charge on any atom is 0.164 e. The minimum absolute atomic E-state index is 0.0151. The SMILES string of the molecule is CN(C)C(C)(C)C(O)c1cccc(F)c1F. The number of halogens is 2. The summed E-state index contributed by atoms with van der Waals surface area (Å²) in [6.45, 7) is 3.53. The lowest BCUT2D eigenvalue weighted by atomic mass is 9.90. The standard InChI is InChI=1S/C12H17F2NO/c1-12(2,15(3)4)11(16)8-6-5-7-9(13)10(8)14/h5-7,11,16H,1-4H3. The first-order chi connectivity index (χ1) is 7.28. The van der Waals surface area contributed by atoms with Gasteiger partial charge in [-0.05, 0) is 34.0 Å². The summed E-state index contributed by atoms with van der Waals surface area (Å²) in [5.41, 5.74) is -0.687. The number of aliphatic hydroxyl groups is 1. The molecule has 4 heteroatoms. The fraction of sp³-hybridized carbons (Fsp3) is 0.500. The first-order valence-electron chi connectivity index (χ1n) is 5.08. The van der Waals surface area contributed by atoms with Crippen molar-refractivity contribution >= 4 is 0 Å². The quantitative estimate of drug-likeness (QED) is 0.860. The summed E-state index contributed by atoms with van der Waals surface area (Å²) in [6, 6.07) is 3.82. The maximum absolute atomic E-state index is 13.5. The second-order valence-electron chi connectivity index (χ2n) is 4.59. The lowest BCUT2D eigenvalue weighted by Crippen LogP contribution is -2.44. The van der Waals surface area contributed by atoms with Gasteiger partial charge in [-0.3, -0.25) is 0 Å². The molecule has 0 aromatic heterocycles. The minimum Gasteiger partial charge on any atom is -0.386 e. The molecule has 1 rings (SSSR count). The van der Waals surface area contributed by atoms with Crippen LogP contribution in [0.5, 0.6) is 0 Å². The molecule has 1 N–H and O–H groups in total. The Morgan fingerprint density at radius 3 is 2.31 bits per heavy atom.